The first-order valence-corrected chi connectivity index (χ1v) is 11.1. The molecule has 1 N–H and O–H groups in total. The van der Waals surface area contributed by atoms with Gasteiger partial charge in [0.1, 0.15) is 11.6 Å². The van der Waals surface area contributed by atoms with Gasteiger partial charge in [-0.25, -0.2) is 4.79 Å². The SMILES string of the molecule is CCOc1ccc(-n2c(Cc3ccccc3)nnc2SCC(=O)N2CCNC2=O)cc1. The number of hydrogen-bond donors (Lipinski definition) is 1. The highest BCUT2D eigenvalue weighted by Crippen LogP contribution is 2.25. The summed E-state index contributed by atoms with van der Waals surface area (Å²) in [6, 6.07) is 17.4. The largest absolute Gasteiger partial charge is 0.494 e. The van der Waals surface area contributed by atoms with Gasteiger partial charge in [0.15, 0.2) is 5.16 Å². The molecule has 31 heavy (non-hydrogen) atoms. The minimum absolute atomic E-state index is 0.105. The molecule has 160 valence electrons. The van der Waals surface area contributed by atoms with Gasteiger partial charge in [0.25, 0.3) is 0 Å². The van der Waals surface area contributed by atoms with Crippen molar-refractivity contribution in [1.29, 1.82) is 0 Å². The fourth-order valence-corrected chi connectivity index (χ4v) is 4.16. The number of aromatic nitrogens is 3. The van der Waals surface area contributed by atoms with Gasteiger partial charge in [-0.1, -0.05) is 42.1 Å². The lowest BCUT2D eigenvalue weighted by atomic mass is 10.1. The van der Waals surface area contributed by atoms with Crippen LogP contribution in [-0.4, -0.2) is 57.1 Å². The van der Waals surface area contributed by atoms with Crippen molar-refractivity contribution in [1.82, 2.24) is 25.0 Å². The molecule has 3 amide bonds. The van der Waals surface area contributed by atoms with Crippen LogP contribution < -0.4 is 10.1 Å². The number of hydrogen-bond acceptors (Lipinski definition) is 6. The first kappa shape index (κ1) is 20.9. The summed E-state index contributed by atoms with van der Waals surface area (Å²) in [6.07, 6.45) is 0.601. The molecule has 0 radical (unpaired) electrons. The lowest BCUT2D eigenvalue weighted by Crippen LogP contribution is -2.35. The summed E-state index contributed by atoms with van der Waals surface area (Å²) >= 11 is 1.27. The van der Waals surface area contributed by atoms with Gasteiger partial charge < -0.3 is 10.1 Å². The van der Waals surface area contributed by atoms with E-state index in [9.17, 15) is 9.59 Å². The number of imide groups is 1. The second kappa shape index (κ2) is 9.65. The summed E-state index contributed by atoms with van der Waals surface area (Å²) < 4.78 is 7.50. The third-order valence-electron chi connectivity index (χ3n) is 4.79. The Morgan fingerprint density at radius 1 is 1.13 bits per heavy atom. The summed E-state index contributed by atoms with van der Waals surface area (Å²) in [5, 5.41) is 12.0. The number of nitrogens with zero attached hydrogens (tertiary/aromatic N) is 4. The van der Waals surface area contributed by atoms with Crippen molar-refractivity contribution in [3.63, 3.8) is 0 Å². The lowest BCUT2D eigenvalue weighted by molar-refractivity contribution is -0.124. The standard InChI is InChI=1S/C22H23N5O3S/c1-2-30-18-10-8-17(9-11-18)27-19(14-16-6-4-3-5-7-16)24-25-22(27)31-15-20(28)26-13-12-23-21(26)29/h3-11H,2,12-15H2,1H3,(H,23,29). The van der Waals surface area contributed by atoms with Crippen molar-refractivity contribution in [3.05, 3.63) is 66.0 Å². The smallest absolute Gasteiger partial charge is 0.324 e. The van der Waals surface area contributed by atoms with E-state index in [1.165, 1.54) is 16.7 Å². The van der Waals surface area contributed by atoms with E-state index in [4.69, 9.17) is 4.74 Å². The molecule has 1 aliphatic rings. The third kappa shape index (κ3) is 4.88. The molecule has 0 unspecified atom stereocenters. The maximum Gasteiger partial charge on any atom is 0.324 e. The van der Waals surface area contributed by atoms with Crippen LogP contribution in [0.3, 0.4) is 0 Å². The predicted molar refractivity (Wildman–Crippen MR) is 118 cm³/mol. The van der Waals surface area contributed by atoms with Gasteiger partial charge in [0, 0.05) is 25.2 Å². The van der Waals surface area contributed by atoms with E-state index in [1.807, 2.05) is 66.1 Å². The van der Waals surface area contributed by atoms with E-state index in [0.717, 1.165) is 22.8 Å². The summed E-state index contributed by atoms with van der Waals surface area (Å²) in [7, 11) is 0. The molecule has 3 aromatic rings. The van der Waals surface area contributed by atoms with Crippen LogP contribution in [0.2, 0.25) is 0 Å². The molecular weight excluding hydrogens is 414 g/mol. The fourth-order valence-electron chi connectivity index (χ4n) is 3.32. The van der Waals surface area contributed by atoms with E-state index in [-0.39, 0.29) is 17.7 Å². The number of amides is 3. The zero-order valence-corrected chi connectivity index (χ0v) is 18.0. The van der Waals surface area contributed by atoms with Gasteiger partial charge in [-0.3, -0.25) is 14.3 Å². The molecule has 0 saturated carbocycles. The Kier molecular flexibility index (Phi) is 6.51. The van der Waals surface area contributed by atoms with Gasteiger partial charge >= 0.3 is 6.03 Å². The maximum absolute atomic E-state index is 12.5. The molecule has 2 aromatic carbocycles. The number of rotatable bonds is 8. The first-order chi connectivity index (χ1) is 15.2. The van der Waals surface area contributed by atoms with Gasteiger partial charge in [-0.15, -0.1) is 10.2 Å². The van der Waals surface area contributed by atoms with Crippen molar-refractivity contribution in [3.8, 4) is 11.4 Å². The number of thioether (sulfide) groups is 1. The third-order valence-corrected chi connectivity index (χ3v) is 5.71. The Morgan fingerprint density at radius 3 is 2.58 bits per heavy atom. The molecule has 0 aliphatic carbocycles. The van der Waals surface area contributed by atoms with Gasteiger partial charge in [-0.2, -0.15) is 0 Å². The highest BCUT2D eigenvalue weighted by Gasteiger charge is 2.26. The average molecular weight is 438 g/mol. The molecule has 4 rings (SSSR count). The molecule has 0 bridgehead atoms. The van der Waals surface area contributed by atoms with E-state index in [2.05, 4.69) is 15.5 Å². The highest BCUT2D eigenvalue weighted by atomic mass is 32.2. The number of nitrogens with one attached hydrogen (secondary N) is 1. The Balaban J connectivity index is 1.59. The molecular formula is C22H23N5O3S. The Bertz CT molecular complexity index is 1050. The van der Waals surface area contributed by atoms with Gasteiger partial charge in [0.2, 0.25) is 5.91 Å². The molecule has 1 saturated heterocycles. The summed E-state index contributed by atoms with van der Waals surface area (Å²) in [5.74, 6) is 1.41. The highest BCUT2D eigenvalue weighted by molar-refractivity contribution is 7.99. The van der Waals surface area contributed by atoms with Crippen molar-refractivity contribution in [2.45, 2.75) is 18.5 Å². The summed E-state index contributed by atoms with van der Waals surface area (Å²) in [4.78, 5) is 25.4. The topological polar surface area (TPSA) is 89.3 Å². The van der Waals surface area contributed by atoms with Crippen LogP contribution in [0, 0.1) is 0 Å². The Hall–Kier alpha value is -3.33. The lowest BCUT2D eigenvalue weighted by Gasteiger charge is -2.13. The van der Waals surface area contributed by atoms with Crippen LogP contribution in [0.15, 0.2) is 59.8 Å². The van der Waals surface area contributed by atoms with E-state index in [0.29, 0.717) is 31.3 Å². The molecule has 1 aromatic heterocycles. The number of ether oxygens (including phenoxy) is 1. The molecule has 1 fully saturated rings. The average Bonchev–Trinajstić information content (AvgIpc) is 3.40. The maximum atomic E-state index is 12.5. The normalized spacial score (nSPS) is 13.3. The monoisotopic (exact) mass is 437 g/mol. The zero-order valence-electron chi connectivity index (χ0n) is 17.2. The van der Waals surface area contributed by atoms with Crippen molar-refractivity contribution >= 4 is 23.7 Å². The van der Waals surface area contributed by atoms with E-state index in [1.54, 1.807) is 0 Å². The predicted octanol–water partition coefficient (Wildman–Crippen LogP) is 2.90. The molecule has 0 atom stereocenters. The van der Waals surface area contributed by atoms with Crippen molar-refractivity contribution in [2.24, 2.45) is 0 Å². The molecule has 8 nitrogen and oxygen atoms in total. The Morgan fingerprint density at radius 2 is 1.90 bits per heavy atom. The zero-order chi connectivity index (χ0) is 21.6. The summed E-state index contributed by atoms with van der Waals surface area (Å²) in [6.45, 7) is 3.42. The molecule has 1 aliphatic heterocycles. The van der Waals surface area contributed by atoms with Gasteiger partial charge in [0.05, 0.1) is 12.4 Å². The molecule has 2 heterocycles. The minimum atomic E-state index is -0.344. The van der Waals surface area contributed by atoms with Crippen LogP contribution in [0.5, 0.6) is 5.75 Å². The second-order valence-electron chi connectivity index (χ2n) is 6.89. The minimum Gasteiger partial charge on any atom is -0.494 e. The van der Waals surface area contributed by atoms with E-state index >= 15 is 0 Å². The van der Waals surface area contributed by atoms with Crippen molar-refractivity contribution in [2.75, 3.05) is 25.4 Å². The van der Waals surface area contributed by atoms with Gasteiger partial charge in [-0.05, 0) is 36.8 Å². The van der Waals surface area contributed by atoms with Crippen LogP contribution in [0.4, 0.5) is 4.79 Å². The van der Waals surface area contributed by atoms with Crippen LogP contribution >= 0.6 is 11.8 Å². The molecule has 0 spiro atoms. The number of carbonyl (C=O) groups is 2. The summed E-state index contributed by atoms with van der Waals surface area (Å²) in [5.41, 5.74) is 2.00. The number of benzene rings is 2. The second-order valence-corrected chi connectivity index (χ2v) is 7.83. The van der Waals surface area contributed by atoms with Crippen LogP contribution in [-0.2, 0) is 11.2 Å². The first-order valence-electron chi connectivity index (χ1n) is 10.1. The van der Waals surface area contributed by atoms with Crippen molar-refractivity contribution < 1.29 is 14.3 Å². The number of urea groups is 1. The van der Waals surface area contributed by atoms with Crippen LogP contribution in [0.25, 0.3) is 5.69 Å². The quantitative estimate of drug-likeness (QED) is 0.545. The van der Waals surface area contributed by atoms with Crippen LogP contribution in [0.1, 0.15) is 18.3 Å². The van der Waals surface area contributed by atoms with E-state index < -0.39 is 0 Å². The fraction of sp³-hybridized carbons (Fsp3) is 0.273. The number of carbonyl (C=O) groups excluding carboxylic acids is 2. The molecule has 9 heteroatoms. The Labute approximate surface area is 184 Å².